The summed E-state index contributed by atoms with van der Waals surface area (Å²) in [5.74, 6) is 0.0104. The number of carbonyl (C=O) groups excluding carboxylic acids is 1. The summed E-state index contributed by atoms with van der Waals surface area (Å²) in [4.78, 5) is 12.4. The summed E-state index contributed by atoms with van der Waals surface area (Å²) in [5.41, 5.74) is 0. The second kappa shape index (κ2) is 3.45. The molecule has 0 fully saturated rings. The molecule has 3 nitrogen and oxygen atoms in total. The molecule has 0 aromatic heterocycles. The smallest absolute Gasteiger partial charge is 0.218 e. The Balaban J connectivity index is 3.50. The Hall–Kier alpha value is -0.570. The first-order valence-corrected chi connectivity index (χ1v) is 2.97. The molecule has 3 heteroatoms. The lowest BCUT2D eigenvalue weighted by Gasteiger charge is -2.19. The summed E-state index contributed by atoms with van der Waals surface area (Å²) in [6, 6.07) is 0. The molecule has 0 spiro atoms. The first kappa shape index (κ1) is 8.43. The second-order valence-corrected chi connectivity index (χ2v) is 2.34. The largest absolute Gasteiger partial charge is 0.341 e. The van der Waals surface area contributed by atoms with Crippen LogP contribution in [0.5, 0.6) is 0 Å². The SMILES string of the molecule is CC(=O)NC(C)N(C)C. The molecule has 0 aliphatic heterocycles. The molecule has 0 aliphatic carbocycles. The number of hydrogen-bond acceptors (Lipinski definition) is 2. The van der Waals surface area contributed by atoms with Gasteiger partial charge < -0.3 is 5.32 Å². The molecule has 54 valence electrons. The predicted octanol–water partition coefficient (Wildman–Crippen LogP) is 0.0301. The molecular formula is C6H14N2O. The Morgan fingerprint density at radius 3 is 2.11 bits per heavy atom. The lowest BCUT2D eigenvalue weighted by Crippen LogP contribution is -2.41. The maximum Gasteiger partial charge on any atom is 0.218 e. The van der Waals surface area contributed by atoms with Gasteiger partial charge in [0.15, 0.2) is 0 Å². The standard InChI is InChI=1S/C6H14N2O/c1-5(8(3)4)7-6(2)9/h5H,1-4H3,(H,7,9). The van der Waals surface area contributed by atoms with Crippen LogP contribution in [0.15, 0.2) is 0 Å². The Bertz CT molecular complexity index is 101. The van der Waals surface area contributed by atoms with Crippen LogP contribution in [-0.2, 0) is 4.79 Å². The van der Waals surface area contributed by atoms with Crippen LogP contribution in [-0.4, -0.2) is 31.1 Å². The molecule has 1 N–H and O–H groups in total. The zero-order chi connectivity index (χ0) is 7.44. The number of nitrogens with one attached hydrogen (secondary N) is 1. The highest BCUT2D eigenvalue weighted by Gasteiger charge is 2.02. The van der Waals surface area contributed by atoms with E-state index in [0.717, 1.165) is 0 Å². The van der Waals surface area contributed by atoms with Crippen LogP contribution < -0.4 is 5.32 Å². The Morgan fingerprint density at radius 1 is 1.56 bits per heavy atom. The minimum absolute atomic E-state index is 0.0104. The number of rotatable bonds is 2. The third-order valence-electron chi connectivity index (χ3n) is 1.19. The average molecular weight is 130 g/mol. The van der Waals surface area contributed by atoms with Crippen molar-refractivity contribution in [2.45, 2.75) is 20.0 Å². The maximum atomic E-state index is 10.4. The number of amides is 1. The average Bonchev–Trinajstić information content (AvgIpc) is 1.63. The first-order valence-electron chi connectivity index (χ1n) is 2.97. The molecule has 0 rings (SSSR count). The van der Waals surface area contributed by atoms with Gasteiger partial charge in [0.05, 0.1) is 6.17 Å². The van der Waals surface area contributed by atoms with E-state index in [4.69, 9.17) is 0 Å². The van der Waals surface area contributed by atoms with Crippen LogP contribution in [0.1, 0.15) is 13.8 Å². The van der Waals surface area contributed by atoms with E-state index >= 15 is 0 Å². The first-order chi connectivity index (χ1) is 4.04. The van der Waals surface area contributed by atoms with Crippen LogP contribution in [0.3, 0.4) is 0 Å². The van der Waals surface area contributed by atoms with E-state index < -0.39 is 0 Å². The summed E-state index contributed by atoms with van der Waals surface area (Å²) in [5, 5.41) is 2.73. The van der Waals surface area contributed by atoms with Gasteiger partial charge in [0.25, 0.3) is 0 Å². The monoisotopic (exact) mass is 130 g/mol. The molecule has 0 aromatic carbocycles. The van der Waals surface area contributed by atoms with Crippen LogP contribution >= 0.6 is 0 Å². The van der Waals surface area contributed by atoms with Gasteiger partial charge in [0.2, 0.25) is 5.91 Å². The molecular weight excluding hydrogens is 116 g/mol. The number of carbonyl (C=O) groups is 1. The van der Waals surface area contributed by atoms with Crippen molar-refractivity contribution in [2.75, 3.05) is 14.1 Å². The fourth-order valence-corrected chi connectivity index (χ4v) is 0.423. The summed E-state index contributed by atoms with van der Waals surface area (Å²) in [6.07, 6.45) is 0.127. The highest BCUT2D eigenvalue weighted by molar-refractivity contribution is 5.73. The fraction of sp³-hybridized carbons (Fsp3) is 0.833. The highest BCUT2D eigenvalue weighted by atomic mass is 16.1. The van der Waals surface area contributed by atoms with E-state index in [0.29, 0.717) is 0 Å². The van der Waals surface area contributed by atoms with Gasteiger partial charge in [-0.1, -0.05) is 0 Å². The maximum absolute atomic E-state index is 10.4. The van der Waals surface area contributed by atoms with Crippen molar-refractivity contribution in [3.05, 3.63) is 0 Å². The fourth-order valence-electron chi connectivity index (χ4n) is 0.423. The molecule has 1 unspecified atom stereocenters. The molecule has 0 aliphatic rings. The van der Waals surface area contributed by atoms with Crippen molar-refractivity contribution < 1.29 is 4.79 Å². The lowest BCUT2D eigenvalue weighted by molar-refractivity contribution is -0.120. The molecule has 1 amide bonds. The van der Waals surface area contributed by atoms with Gasteiger partial charge >= 0.3 is 0 Å². The van der Waals surface area contributed by atoms with Gasteiger partial charge in [0.1, 0.15) is 0 Å². The van der Waals surface area contributed by atoms with Crippen molar-refractivity contribution in [1.29, 1.82) is 0 Å². The Morgan fingerprint density at radius 2 is 2.00 bits per heavy atom. The van der Waals surface area contributed by atoms with Crippen molar-refractivity contribution in [2.24, 2.45) is 0 Å². The van der Waals surface area contributed by atoms with E-state index in [9.17, 15) is 4.79 Å². The second-order valence-electron chi connectivity index (χ2n) is 2.34. The third-order valence-corrected chi connectivity index (χ3v) is 1.19. The molecule has 0 saturated heterocycles. The Labute approximate surface area is 56.0 Å². The van der Waals surface area contributed by atoms with Gasteiger partial charge in [-0.15, -0.1) is 0 Å². The molecule has 0 saturated carbocycles. The van der Waals surface area contributed by atoms with Crippen LogP contribution in [0.2, 0.25) is 0 Å². The van der Waals surface area contributed by atoms with Crippen LogP contribution in [0.25, 0.3) is 0 Å². The third kappa shape index (κ3) is 3.97. The normalized spacial score (nSPS) is 13.4. The predicted molar refractivity (Wildman–Crippen MR) is 37.0 cm³/mol. The van der Waals surface area contributed by atoms with E-state index in [1.807, 2.05) is 25.9 Å². The minimum Gasteiger partial charge on any atom is -0.341 e. The molecule has 0 bridgehead atoms. The highest BCUT2D eigenvalue weighted by Crippen LogP contribution is 1.83. The molecule has 0 radical (unpaired) electrons. The molecule has 1 atom stereocenters. The molecule has 0 aromatic rings. The van der Waals surface area contributed by atoms with E-state index in [1.165, 1.54) is 6.92 Å². The zero-order valence-corrected chi connectivity index (χ0v) is 6.43. The summed E-state index contributed by atoms with van der Waals surface area (Å²) in [7, 11) is 3.83. The van der Waals surface area contributed by atoms with E-state index in [1.54, 1.807) is 0 Å². The topological polar surface area (TPSA) is 32.3 Å². The summed E-state index contributed by atoms with van der Waals surface area (Å²) >= 11 is 0. The van der Waals surface area contributed by atoms with Crippen molar-refractivity contribution in [3.63, 3.8) is 0 Å². The van der Waals surface area contributed by atoms with Crippen molar-refractivity contribution >= 4 is 5.91 Å². The minimum atomic E-state index is 0.0104. The van der Waals surface area contributed by atoms with Crippen LogP contribution in [0.4, 0.5) is 0 Å². The van der Waals surface area contributed by atoms with Gasteiger partial charge in [-0.3, -0.25) is 9.69 Å². The zero-order valence-electron chi connectivity index (χ0n) is 6.43. The summed E-state index contributed by atoms with van der Waals surface area (Å²) < 4.78 is 0. The van der Waals surface area contributed by atoms with Crippen LogP contribution in [0, 0.1) is 0 Å². The lowest BCUT2D eigenvalue weighted by atomic mass is 10.5. The quantitative estimate of drug-likeness (QED) is 0.535. The van der Waals surface area contributed by atoms with E-state index in [2.05, 4.69) is 5.32 Å². The van der Waals surface area contributed by atoms with E-state index in [-0.39, 0.29) is 12.1 Å². The number of nitrogens with zero attached hydrogens (tertiary/aromatic N) is 1. The summed E-state index contributed by atoms with van der Waals surface area (Å²) in [6.45, 7) is 3.45. The van der Waals surface area contributed by atoms with Crippen molar-refractivity contribution in [3.8, 4) is 0 Å². The molecule has 9 heavy (non-hydrogen) atoms. The van der Waals surface area contributed by atoms with Gasteiger partial charge in [-0.05, 0) is 21.0 Å². The number of hydrogen-bond donors (Lipinski definition) is 1. The van der Waals surface area contributed by atoms with Gasteiger partial charge in [-0.2, -0.15) is 0 Å². The molecule has 0 heterocycles. The van der Waals surface area contributed by atoms with Crippen molar-refractivity contribution in [1.82, 2.24) is 10.2 Å². The Kier molecular flexibility index (Phi) is 3.24. The van der Waals surface area contributed by atoms with Gasteiger partial charge in [0, 0.05) is 6.92 Å². The van der Waals surface area contributed by atoms with Gasteiger partial charge in [-0.25, -0.2) is 0 Å².